The van der Waals surface area contributed by atoms with Crippen molar-refractivity contribution < 1.29 is 33.5 Å². The van der Waals surface area contributed by atoms with Gasteiger partial charge in [0.1, 0.15) is 11.6 Å². The van der Waals surface area contributed by atoms with Crippen LogP contribution in [0.25, 0.3) is 0 Å². The third-order valence-electron chi connectivity index (χ3n) is 8.06. The molecule has 42 heavy (non-hydrogen) atoms. The lowest BCUT2D eigenvalue weighted by Gasteiger charge is -2.37. The number of hydrogen-bond acceptors (Lipinski definition) is 9. The molecule has 4 aliphatic heterocycles. The number of piperazine rings is 1. The van der Waals surface area contributed by atoms with E-state index in [1.807, 2.05) is 6.07 Å². The second-order valence-electron chi connectivity index (χ2n) is 12.2. The summed E-state index contributed by atoms with van der Waals surface area (Å²) in [7, 11) is 0. The second kappa shape index (κ2) is 11.7. The van der Waals surface area contributed by atoms with E-state index in [1.165, 1.54) is 0 Å². The van der Waals surface area contributed by atoms with Gasteiger partial charge in [0, 0.05) is 58.7 Å². The number of ether oxygens (including phenoxy) is 1. The highest BCUT2D eigenvalue weighted by Gasteiger charge is 2.46. The van der Waals surface area contributed by atoms with Gasteiger partial charge in [0.05, 0.1) is 22.9 Å². The SMILES string of the molecule is CC(C)(C)OC(=O)N[C@H]1CCN(C(=O)CCN2CCN(c3cccc4c3C(=O)N(C3CCC(=O)NC3=O)C4=O)CC2)C1. The Hall–Kier alpha value is -4.00. The number of benzene rings is 1. The fourth-order valence-electron chi connectivity index (χ4n) is 5.96. The third-order valence-corrected chi connectivity index (χ3v) is 8.06. The topological polar surface area (TPSA) is 149 Å². The van der Waals surface area contributed by atoms with Crippen molar-refractivity contribution in [1.29, 1.82) is 0 Å². The number of carbonyl (C=O) groups is 6. The first-order valence-electron chi connectivity index (χ1n) is 14.5. The fourth-order valence-corrected chi connectivity index (χ4v) is 5.96. The van der Waals surface area contributed by atoms with Gasteiger partial charge in [-0.05, 0) is 45.7 Å². The molecule has 0 radical (unpaired) electrons. The lowest BCUT2D eigenvalue weighted by atomic mass is 10.0. The van der Waals surface area contributed by atoms with Crippen LogP contribution in [0, 0.1) is 0 Å². The summed E-state index contributed by atoms with van der Waals surface area (Å²) in [6.45, 7) is 9.65. The summed E-state index contributed by atoms with van der Waals surface area (Å²) in [5.74, 6) is -2.03. The predicted molar refractivity (Wildman–Crippen MR) is 151 cm³/mol. The van der Waals surface area contributed by atoms with Crippen LogP contribution in [-0.2, 0) is 19.1 Å². The van der Waals surface area contributed by atoms with Gasteiger partial charge in [-0.2, -0.15) is 0 Å². The molecule has 0 aliphatic carbocycles. The van der Waals surface area contributed by atoms with E-state index < -0.39 is 41.4 Å². The summed E-state index contributed by atoms with van der Waals surface area (Å²) in [6, 6.07) is 4.02. The van der Waals surface area contributed by atoms with E-state index in [2.05, 4.69) is 20.4 Å². The highest BCUT2D eigenvalue weighted by atomic mass is 16.6. The van der Waals surface area contributed by atoms with E-state index >= 15 is 0 Å². The lowest BCUT2D eigenvalue weighted by molar-refractivity contribution is -0.136. The summed E-state index contributed by atoms with van der Waals surface area (Å²) in [5, 5.41) is 5.07. The first-order chi connectivity index (χ1) is 19.9. The maximum atomic E-state index is 13.4. The van der Waals surface area contributed by atoms with Crippen molar-refractivity contribution in [2.45, 2.75) is 64.1 Å². The third kappa shape index (κ3) is 6.25. The summed E-state index contributed by atoms with van der Waals surface area (Å²) in [4.78, 5) is 82.5. The zero-order valence-electron chi connectivity index (χ0n) is 24.3. The van der Waals surface area contributed by atoms with E-state index in [4.69, 9.17) is 4.74 Å². The lowest BCUT2D eigenvalue weighted by Crippen LogP contribution is -2.54. The molecule has 3 fully saturated rings. The van der Waals surface area contributed by atoms with Gasteiger partial charge in [0.2, 0.25) is 17.7 Å². The van der Waals surface area contributed by atoms with Crippen LogP contribution in [0.15, 0.2) is 18.2 Å². The Morgan fingerprint density at radius 1 is 1.00 bits per heavy atom. The van der Waals surface area contributed by atoms with Crippen LogP contribution in [0.3, 0.4) is 0 Å². The van der Waals surface area contributed by atoms with E-state index in [1.54, 1.807) is 37.8 Å². The van der Waals surface area contributed by atoms with Gasteiger partial charge >= 0.3 is 6.09 Å². The number of anilines is 1. The van der Waals surface area contributed by atoms with Gasteiger partial charge in [0.25, 0.3) is 11.8 Å². The van der Waals surface area contributed by atoms with Crippen LogP contribution in [0.2, 0.25) is 0 Å². The highest BCUT2D eigenvalue weighted by molar-refractivity contribution is 6.25. The standard InChI is InChI=1S/C29H38N6O7/c1-29(2,3)42-28(41)30-18-9-12-34(17-18)23(37)10-11-32-13-15-33(16-14-32)20-6-4-5-19-24(20)27(40)35(26(19)39)21-7-8-22(36)31-25(21)38/h4-6,18,21H,7-17H2,1-3H3,(H,30,41)(H,31,36,38)/t18-,21?/m0/s1. The second-order valence-corrected chi connectivity index (χ2v) is 12.2. The van der Waals surface area contributed by atoms with Gasteiger partial charge in [-0.15, -0.1) is 0 Å². The maximum absolute atomic E-state index is 13.4. The quantitative estimate of drug-likeness (QED) is 0.463. The van der Waals surface area contributed by atoms with Crippen LogP contribution in [0.1, 0.15) is 67.2 Å². The number of hydrogen-bond donors (Lipinski definition) is 2. The molecule has 6 amide bonds. The molecule has 13 nitrogen and oxygen atoms in total. The van der Waals surface area contributed by atoms with Crippen molar-refractivity contribution in [2.24, 2.45) is 0 Å². The maximum Gasteiger partial charge on any atom is 0.407 e. The smallest absolute Gasteiger partial charge is 0.407 e. The predicted octanol–water partition coefficient (Wildman–Crippen LogP) is 0.726. The zero-order valence-corrected chi connectivity index (χ0v) is 24.3. The molecule has 1 aromatic rings. The number of fused-ring (bicyclic) bond motifs is 1. The average Bonchev–Trinajstić information content (AvgIpc) is 3.49. The molecular weight excluding hydrogens is 544 g/mol. The van der Waals surface area contributed by atoms with Crippen LogP contribution in [0.4, 0.5) is 10.5 Å². The minimum absolute atomic E-state index is 0.0458. The molecule has 2 atom stereocenters. The minimum Gasteiger partial charge on any atom is -0.444 e. The van der Waals surface area contributed by atoms with Crippen LogP contribution < -0.4 is 15.5 Å². The number of rotatable bonds is 6. The molecule has 2 N–H and O–H groups in total. The molecule has 226 valence electrons. The van der Waals surface area contributed by atoms with Gasteiger partial charge in [-0.25, -0.2) is 4.79 Å². The molecule has 4 aliphatic rings. The Kier molecular flexibility index (Phi) is 8.22. The number of carbonyl (C=O) groups excluding carboxylic acids is 6. The minimum atomic E-state index is -1.00. The molecule has 13 heteroatoms. The van der Waals surface area contributed by atoms with Crippen molar-refractivity contribution in [3.8, 4) is 0 Å². The largest absolute Gasteiger partial charge is 0.444 e. The Bertz CT molecular complexity index is 1300. The van der Waals surface area contributed by atoms with E-state index in [9.17, 15) is 28.8 Å². The molecule has 0 aromatic heterocycles. The molecule has 0 bridgehead atoms. The van der Waals surface area contributed by atoms with Gasteiger partial charge in [0.15, 0.2) is 0 Å². The number of nitrogens with one attached hydrogen (secondary N) is 2. The molecule has 1 aromatic carbocycles. The van der Waals surface area contributed by atoms with Gasteiger partial charge in [-0.3, -0.25) is 39.1 Å². The summed E-state index contributed by atoms with van der Waals surface area (Å²) >= 11 is 0. The fraction of sp³-hybridized carbons (Fsp3) is 0.586. The normalized spacial score (nSPS) is 23.3. The summed E-state index contributed by atoms with van der Waals surface area (Å²) in [5.41, 5.74) is 0.628. The number of nitrogens with zero attached hydrogens (tertiary/aromatic N) is 4. The van der Waals surface area contributed by atoms with Crippen molar-refractivity contribution in [3.05, 3.63) is 29.3 Å². The van der Waals surface area contributed by atoms with Crippen LogP contribution >= 0.6 is 0 Å². The average molecular weight is 583 g/mol. The van der Waals surface area contributed by atoms with Crippen molar-refractivity contribution >= 4 is 41.3 Å². The Balaban J connectivity index is 1.12. The van der Waals surface area contributed by atoms with Crippen LogP contribution in [0.5, 0.6) is 0 Å². The number of piperidine rings is 1. The summed E-state index contributed by atoms with van der Waals surface area (Å²) < 4.78 is 5.31. The highest BCUT2D eigenvalue weighted by Crippen LogP contribution is 2.34. The van der Waals surface area contributed by atoms with Crippen molar-refractivity contribution in [2.75, 3.05) is 50.7 Å². The first-order valence-corrected chi connectivity index (χ1v) is 14.5. The van der Waals surface area contributed by atoms with E-state index in [0.29, 0.717) is 69.9 Å². The van der Waals surface area contributed by atoms with Gasteiger partial charge < -0.3 is 19.9 Å². The zero-order chi connectivity index (χ0) is 30.2. The number of alkyl carbamates (subject to hydrolysis) is 1. The molecule has 4 heterocycles. The molecule has 1 unspecified atom stereocenters. The summed E-state index contributed by atoms with van der Waals surface area (Å²) in [6.07, 6.45) is 0.767. The number of amides is 6. The number of likely N-dealkylation sites (tertiary alicyclic amines) is 1. The van der Waals surface area contributed by atoms with E-state index in [-0.39, 0.29) is 30.4 Å². The molecule has 0 saturated carbocycles. The van der Waals surface area contributed by atoms with Crippen LogP contribution in [-0.4, -0.2) is 114 Å². The number of imide groups is 2. The Morgan fingerprint density at radius 2 is 1.74 bits per heavy atom. The van der Waals surface area contributed by atoms with Crippen molar-refractivity contribution in [3.63, 3.8) is 0 Å². The molecule has 5 rings (SSSR count). The molecular formula is C29H38N6O7. The Labute approximate surface area is 244 Å². The first kappa shape index (κ1) is 29.5. The Morgan fingerprint density at radius 3 is 2.43 bits per heavy atom. The monoisotopic (exact) mass is 582 g/mol. The van der Waals surface area contributed by atoms with Gasteiger partial charge in [-0.1, -0.05) is 6.07 Å². The molecule has 0 spiro atoms. The molecule has 3 saturated heterocycles. The van der Waals surface area contributed by atoms with Crippen molar-refractivity contribution in [1.82, 2.24) is 25.3 Å². The van der Waals surface area contributed by atoms with E-state index in [0.717, 1.165) is 4.90 Å².